The van der Waals surface area contributed by atoms with Gasteiger partial charge in [0.1, 0.15) is 5.75 Å². The maximum Gasteiger partial charge on any atom is 0.259 e. The van der Waals surface area contributed by atoms with Gasteiger partial charge in [-0.3, -0.25) is 9.59 Å². The van der Waals surface area contributed by atoms with Crippen LogP contribution in [0.4, 0.5) is 5.69 Å². The molecule has 96 valence electrons. The lowest BCUT2D eigenvalue weighted by molar-refractivity contribution is 0.100. The normalized spacial score (nSPS) is 9.95. The SMILES string of the molecule is CC(=O)c1ccc(C(=O)Nc2ccccc2)c(O)c1. The maximum atomic E-state index is 12.0. The molecule has 0 saturated heterocycles. The van der Waals surface area contributed by atoms with E-state index in [4.69, 9.17) is 0 Å². The highest BCUT2D eigenvalue weighted by molar-refractivity contribution is 6.07. The Labute approximate surface area is 110 Å². The Morgan fingerprint density at radius 1 is 1.05 bits per heavy atom. The van der Waals surface area contributed by atoms with Gasteiger partial charge in [0.25, 0.3) is 5.91 Å². The van der Waals surface area contributed by atoms with E-state index in [0.29, 0.717) is 11.3 Å². The van der Waals surface area contributed by atoms with E-state index in [0.717, 1.165) is 0 Å². The van der Waals surface area contributed by atoms with Crippen molar-refractivity contribution in [1.29, 1.82) is 0 Å². The highest BCUT2D eigenvalue weighted by Gasteiger charge is 2.12. The van der Waals surface area contributed by atoms with Gasteiger partial charge in [-0.05, 0) is 31.2 Å². The zero-order valence-electron chi connectivity index (χ0n) is 10.4. The number of phenols is 1. The van der Waals surface area contributed by atoms with Crippen LogP contribution in [-0.2, 0) is 0 Å². The molecule has 1 amide bonds. The molecule has 0 fully saturated rings. The number of benzene rings is 2. The van der Waals surface area contributed by atoms with Gasteiger partial charge in [-0.1, -0.05) is 24.3 Å². The summed E-state index contributed by atoms with van der Waals surface area (Å²) in [4.78, 5) is 23.1. The van der Waals surface area contributed by atoms with Gasteiger partial charge >= 0.3 is 0 Å². The molecule has 0 heterocycles. The van der Waals surface area contributed by atoms with Crippen molar-refractivity contribution in [3.8, 4) is 5.75 Å². The zero-order chi connectivity index (χ0) is 13.8. The van der Waals surface area contributed by atoms with Crippen molar-refractivity contribution >= 4 is 17.4 Å². The molecule has 0 unspecified atom stereocenters. The van der Waals surface area contributed by atoms with Crippen LogP contribution in [0.5, 0.6) is 5.75 Å². The number of anilines is 1. The summed E-state index contributed by atoms with van der Waals surface area (Å²) >= 11 is 0. The molecule has 0 spiro atoms. The van der Waals surface area contributed by atoms with E-state index in [2.05, 4.69) is 5.32 Å². The average Bonchev–Trinajstić information content (AvgIpc) is 2.39. The minimum absolute atomic E-state index is 0.133. The highest BCUT2D eigenvalue weighted by atomic mass is 16.3. The van der Waals surface area contributed by atoms with Gasteiger partial charge in [-0.15, -0.1) is 0 Å². The fourth-order valence-corrected chi connectivity index (χ4v) is 1.66. The lowest BCUT2D eigenvalue weighted by Gasteiger charge is -2.07. The molecule has 2 rings (SSSR count). The van der Waals surface area contributed by atoms with Crippen LogP contribution >= 0.6 is 0 Å². The van der Waals surface area contributed by atoms with Gasteiger partial charge in [-0.25, -0.2) is 0 Å². The Morgan fingerprint density at radius 3 is 2.32 bits per heavy atom. The Kier molecular flexibility index (Phi) is 3.61. The number of carbonyl (C=O) groups is 2. The molecule has 0 radical (unpaired) electrons. The molecule has 4 nitrogen and oxygen atoms in total. The molecule has 0 saturated carbocycles. The summed E-state index contributed by atoms with van der Waals surface area (Å²) in [5.74, 6) is -0.787. The molecule has 0 atom stereocenters. The van der Waals surface area contributed by atoms with E-state index in [1.807, 2.05) is 6.07 Å². The van der Waals surface area contributed by atoms with Crippen LogP contribution in [0.1, 0.15) is 27.6 Å². The first-order chi connectivity index (χ1) is 9.08. The lowest BCUT2D eigenvalue weighted by Crippen LogP contribution is -2.12. The first-order valence-electron chi connectivity index (χ1n) is 5.78. The molecule has 0 aromatic heterocycles. The number of aromatic hydroxyl groups is 1. The van der Waals surface area contributed by atoms with E-state index in [1.165, 1.54) is 25.1 Å². The summed E-state index contributed by atoms with van der Waals surface area (Å²) in [6.07, 6.45) is 0. The monoisotopic (exact) mass is 255 g/mol. The number of hydrogen-bond donors (Lipinski definition) is 2. The summed E-state index contributed by atoms with van der Waals surface area (Å²) in [5, 5.41) is 12.4. The molecule has 2 aromatic rings. The minimum Gasteiger partial charge on any atom is -0.507 e. The Bertz CT molecular complexity index is 621. The van der Waals surface area contributed by atoms with Gasteiger partial charge in [0.2, 0.25) is 0 Å². The van der Waals surface area contributed by atoms with Crippen molar-refractivity contribution < 1.29 is 14.7 Å². The summed E-state index contributed by atoms with van der Waals surface area (Å²) in [7, 11) is 0. The summed E-state index contributed by atoms with van der Waals surface area (Å²) in [6, 6.07) is 13.2. The minimum atomic E-state index is -0.418. The number of carbonyl (C=O) groups excluding carboxylic acids is 2. The summed E-state index contributed by atoms with van der Waals surface area (Å²) in [5.41, 5.74) is 1.14. The van der Waals surface area contributed by atoms with Crippen molar-refractivity contribution in [2.45, 2.75) is 6.92 Å². The molecule has 2 N–H and O–H groups in total. The number of Topliss-reactive ketones (excluding diaryl/α,β-unsaturated/α-hetero) is 1. The highest BCUT2D eigenvalue weighted by Crippen LogP contribution is 2.20. The van der Waals surface area contributed by atoms with E-state index in [-0.39, 0.29) is 17.1 Å². The predicted molar refractivity (Wildman–Crippen MR) is 72.5 cm³/mol. The third-order valence-corrected chi connectivity index (χ3v) is 2.68. The number of ketones is 1. The van der Waals surface area contributed by atoms with Gasteiger partial charge in [0.05, 0.1) is 5.56 Å². The van der Waals surface area contributed by atoms with Gasteiger partial charge < -0.3 is 10.4 Å². The summed E-state index contributed by atoms with van der Waals surface area (Å²) < 4.78 is 0. The average molecular weight is 255 g/mol. The lowest BCUT2D eigenvalue weighted by atomic mass is 10.1. The summed E-state index contributed by atoms with van der Waals surface area (Å²) in [6.45, 7) is 1.40. The van der Waals surface area contributed by atoms with Crippen LogP contribution in [-0.4, -0.2) is 16.8 Å². The topological polar surface area (TPSA) is 66.4 Å². The smallest absolute Gasteiger partial charge is 0.259 e. The van der Waals surface area contributed by atoms with Crippen LogP contribution in [0.15, 0.2) is 48.5 Å². The molecule has 4 heteroatoms. The zero-order valence-corrected chi connectivity index (χ0v) is 10.4. The Morgan fingerprint density at radius 2 is 1.74 bits per heavy atom. The second kappa shape index (κ2) is 5.35. The van der Waals surface area contributed by atoms with Crippen LogP contribution in [0, 0.1) is 0 Å². The van der Waals surface area contributed by atoms with Crippen molar-refractivity contribution in [3.63, 3.8) is 0 Å². The number of nitrogens with one attached hydrogen (secondary N) is 1. The molecule has 19 heavy (non-hydrogen) atoms. The first-order valence-corrected chi connectivity index (χ1v) is 5.78. The molecular weight excluding hydrogens is 242 g/mol. The van der Waals surface area contributed by atoms with Crippen LogP contribution in [0.25, 0.3) is 0 Å². The van der Waals surface area contributed by atoms with Gasteiger partial charge in [0, 0.05) is 11.3 Å². The molecular formula is C15H13NO3. The van der Waals surface area contributed by atoms with Crippen molar-refractivity contribution in [2.24, 2.45) is 0 Å². The van der Waals surface area contributed by atoms with E-state index >= 15 is 0 Å². The number of rotatable bonds is 3. The first kappa shape index (κ1) is 12.8. The molecule has 0 aliphatic heterocycles. The van der Waals surface area contributed by atoms with E-state index < -0.39 is 5.91 Å². The van der Waals surface area contributed by atoms with Crippen LogP contribution in [0.3, 0.4) is 0 Å². The molecule has 0 aliphatic carbocycles. The second-order valence-electron chi connectivity index (χ2n) is 4.11. The second-order valence-corrected chi connectivity index (χ2v) is 4.11. The fourth-order valence-electron chi connectivity index (χ4n) is 1.66. The Balaban J connectivity index is 2.22. The molecule has 0 aliphatic rings. The quantitative estimate of drug-likeness (QED) is 0.829. The molecule has 0 bridgehead atoms. The van der Waals surface area contributed by atoms with Crippen LogP contribution < -0.4 is 5.32 Å². The van der Waals surface area contributed by atoms with Gasteiger partial charge in [-0.2, -0.15) is 0 Å². The maximum absolute atomic E-state index is 12.0. The van der Waals surface area contributed by atoms with E-state index in [9.17, 15) is 14.7 Å². The predicted octanol–water partition coefficient (Wildman–Crippen LogP) is 2.85. The number of hydrogen-bond acceptors (Lipinski definition) is 3. The third kappa shape index (κ3) is 2.98. The number of amides is 1. The van der Waals surface area contributed by atoms with Crippen molar-refractivity contribution in [2.75, 3.05) is 5.32 Å². The number of phenolic OH excluding ortho intramolecular Hbond substituents is 1. The van der Waals surface area contributed by atoms with Crippen molar-refractivity contribution in [1.82, 2.24) is 0 Å². The van der Waals surface area contributed by atoms with Gasteiger partial charge in [0.15, 0.2) is 5.78 Å². The van der Waals surface area contributed by atoms with Crippen molar-refractivity contribution in [3.05, 3.63) is 59.7 Å². The fraction of sp³-hybridized carbons (Fsp3) is 0.0667. The number of para-hydroxylation sites is 1. The largest absolute Gasteiger partial charge is 0.507 e. The third-order valence-electron chi connectivity index (χ3n) is 2.68. The van der Waals surface area contributed by atoms with Crippen LogP contribution in [0.2, 0.25) is 0 Å². The van der Waals surface area contributed by atoms with E-state index in [1.54, 1.807) is 24.3 Å². The molecule has 2 aromatic carbocycles. The Hall–Kier alpha value is -2.62. The standard InChI is InChI=1S/C15H13NO3/c1-10(17)11-7-8-13(14(18)9-11)15(19)16-12-5-3-2-4-6-12/h2-9,18H,1H3,(H,16,19).